The summed E-state index contributed by atoms with van der Waals surface area (Å²) in [5, 5.41) is 4.48. The molecule has 1 atom stereocenters. The van der Waals surface area contributed by atoms with Crippen LogP contribution in [0.1, 0.15) is 17.5 Å². The van der Waals surface area contributed by atoms with Gasteiger partial charge in [0.2, 0.25) is 0 Å². The Hall–Kier alpha value is -1.32. The van der Waals surface area contributed by atoms with Crippen LogP contribution in [-0.4, -0.2) is 22.1 Å². The highest BCUT2D eigenvalue weighted by Gasteiger charge is 2.20. The predicted octanol–water partition coefficient (Wildman–Crippen LogP) is 2.68. The SMILES string of the molecule is Clc1ccc2c(c1)CC(NCCCn1ccnc1)C2. The van der Waals surface area contributed by atoms with Crippen LogP contribution in [0.15, 0.2) is 36.9 Å². The van der Waals surface area contributed by atoms with Crippen molar-refractivity contribution in [1.29, 1.82) is 0 Å². The van der Waals surface area contributed by atoms with Gasteiger partial charge in [0, 0.05) is 30.0 Å². The Morgan fingerprint density at radius 3 is 3.05 bits per heavy atom. The first-order chi connectivity index (χ1) is 9.31. The maximum absolute atomic E-state index is 6.03. The molecule has 1 heterocycles. The molecule has 0 saturated carbocycles. The first-order valence-corrected chi connectivity index (χ1v) is 7.15. The number of hydrogen-bond acceptors (Lipinski definition) is 2. The van der Waals surface area contributed by atoms with Crippen LogP contribution in [0.3, 0.4) is 0 Å². The van der Waals surface area contributed by atoms with Crippen LogP contribution in [0.2, 0.25) is 5.02 Å². The normalized spacial score (nSPS) is 17.6. The Morgan fingerprint density at radius 1 is 1.32 bits per heavy atom. The molecule has 4 heteroatoms. The Labute approximate surface area is 118 Å². The van der Waals surface area contributed by atoms with Crippen molar-refractivity contribution in [3.63, 3.8) is 0 Å². The second-order valence-corrected chi connectivity index (χ2v) is 5.56. The molecule has 1 aliphatic rings. The van der Waals surface area contributed by atoms with Gasteiger partial charge in [-0.1, -0.05) is 17.7 Å². The van der Waals surface area contributed by atoms with Crippen molar-refractivity contribution in [1.82, 2.24) is 14.9 Å². The molecule has 0 spiro atoms. The van der Waals surface area contributed by atoms with Gasteiger partial charge in [0.25, 0.3) is 0 Å². The van der Waals surface area contributed by atoms with Gasteiger partial charge in [-0.3, -0.25) is 0 Å². The standard InChI is InChI=1S/C15H18ClN3/c16-14-3-2-12-9-15(10-13(12)8-14)18-4-1-6-19-7-5-17-11-19/h2-3,5,7-8,11,15,18H,1,4,6,9-10H2. The topological polar surface area (TPSA) is 29.9 Å². The molecule has 0 amide bonds. The molecule has 0 radical (unpaired) electrons. The van der Waals surface area contributed by atoms with Gasteiger partial charge in [-0.05, 0) is 49.1 Å². The molecule has 100 valence electrons. The molecular formula is C15H18ClN3. The Bertz CT molecular complexity index is 536. The summed E-state index contributed by atoms with van der Waals surface area (Å²) in [4.78, 5) is 4.04. The number of rotatable bonds is 5. The third-order valence-electron chi connectivity index (χ3n) is 3.69. The van der Waals surface area contributed by atoms with Crippen molar-refractivity contribution < 1.29 is 0 Å². The Morgan fingerprint density at radius 2 is 2.21 bits per heavy atom. The molecule has 1 N–H and O–H groups in total. The summed E-state index contributed by atoms with van der Waals surface area (Å²) in [6, 6.07) is 6.81. The summed E-state index contributed by atoms with van der Waals surface area (Å²) in [5.41, 5.74) is 2.84. The fourth-order valence-electron chi connectivity index (χ4n) is 2.72. The molecule has 0 fully saturated rings. The third kappa shape index (κ3) is 3.17. The van der Waals surface area contributed by atoms with Crippen LogP contribution < -0.4 is 5.32 Å². The zero-order valence-corrected chi connectivity index (χ0v) is 11.6. The molecule has 3 nitrogen and oxygen atoms in total. The minimum absolute atomic E-state index is 0.566. The number of nitrogens with zero attached hydrogens (tertiary/aromatic N) is 2. The van der Waals surface area contributed by atoms with E-state index in [1.807, 2.05) is 24.8 Å². The average Bonchev–Trinajstić information content (AvgIpc) is 3.02. The van der Waals surface area contributed by atoms with E-state index < -0.39 is 0 Å². The number of aryl methyl sites for hydroxylation is 1. The van der Waals surface area contributed by atoms with Crippen LogP contribution in [-0.2, 0) is 19.4 Å². The maximum atomic E-state index is 6.03. The summed E-state index contributed by atoms with van der Waals surface area (Å²) in [6.45, 7) is 2.07. The number of fused-ring (bicyclic) bond motifs is 1. The lowest BCUT2D eigenvalue weighted by Gasteiger charge is -2.11. The van der Waals surface area contributed by atoms with E-state index in [0.29, 0.717) is 6.04 Å². The van der Waals surface area contributed by atoms with Crippen LogP contribution in [0, 0.1) is 0 Å². The van der Waals surface area contributed by atoms with Gasteiger partial charge in [-0.25, -0.2) is 4.98 Å². The van der Waals surface area contributed by atoms with Gasteiger partial charge in [0.1, 0.15) is 0 Å². The van der Waals surface area contributed by atoms with Crippen LogP contribution in [0.5, 0.6) is 0 Å². The third-order valence-corrected chi connectivity index (χ3v) is 3.92. The Kier molecular flexibility index (Phi) is 3.85. The number of nitrogens with one attached hydrogen (secondary N) is 1. The molecule has 1 aromatic heterocycles. The van der Waals surface area contributed by atoms with Gasteiger partial charge in [-0.15, -0.1) is 0 Å². The van der Waals surface area contributed by atoms with Crippen molar-refractivity contribution >= 4 is 11.6 Å². The van der Waals surface area contributed by atoms with Crippen molar-refractivity contribution in [2.45, 2.75) is 31.8 Å². The highest BCUT2D eigenvalue weighted by atomic mass is 35.5. The summed E-state index contributed by atoms with van der Waals surface area (Å²) >= 11 is 6.03. The molecule has 1 aliphatic carbocycles. The minimum Gasteiger partial charge on any atom is -0.337 e. The van der Waals surface area contributed by atoms with E-state index in [-0.39, 0.29) is 0 Å². The minimum atomic E-state index is 0.566. The number of halogens is 1. The smallest absolute Gasteiger partial charge is 0.0945 e. The second kappa shape index (κ2) is 5.76. The lowest BCUT2D eigenvalue weighted by molar-refractivity contribution is 0.501. The van der Waals surface area contributed by atoms with Gasteiger partial charge in [-0.2, -0.15) is 0 Å². The molecule has 3 rings (SSSR count). The van der Waals surface area contributed by atoms with E-state index in [4.69, 9.17) is 11.6 Å². The van der Waals surface area contributed by atoms with Crippen molar-refractivity contribution in [3.05, 3.63) is 53.1 Å². The average molecular weight is 276 g/mol. The van der Waals surface area contributed by atoms with E-state index in [0.717, 1.165) is 37.4 Å². The van der Waals surface area contributed by atoms with E-state index in [2.05, 4.69) is 27.0 Å². The largest absolute Gasteiger partial charge is 0.337 e. The van der Waals surface area contributed by atoms with E-state index in [1.54, 1.807) is 0 Å². The lowest BCUT2D eigenvalue weighted by atomic mass is 10.1. The highest BCUT2D eigenvalue weighted by Crippen LogP contribution is 2.25. The molecule has 0 aliphatic heterocycles. The lowest BCUT2D eigenvalue weighted by Crippen LogP contribution is -2.30. The summed E-state index contributed by atoms with van der Waals surface area (Å²) < 4.78 is 2.12. The first kappa shape index (κ1) is 12.7. The van der Waals surface area contributed by atoms with E-state index >= 15 is 0 Å². The molecule has 1 unspecified atom stereocenters. The monoisotopic (exact) mass is 275 g/mol. The highest BCUT2D eigenvalue weighted by molar-refractivity contribution is 6.30. The van der Waals surface area contributed by atoms with Crippen molar-refractivity contribution in [3.8, 4) is 0 Å². The van der Waals surface area contributed by atoms with Crippen molar-refractivity contribution in [2.24, 2.45) is 0 Å². The van der Waals surface area contributed by atoms with Crippen LogP contribution >= 0.6 is 11.6 Å². The summed E-state index contributed by atoms with van der Waals surface area (Å²) in [7, 11) is 0. The zero-order chi connectivity index (χ0) is 13.1. The molecular weight excluding hydrogens is 258 g/mol. The molecule has 0 saturated heterocycles. The number of hydrogen-bond donors (Lipinski definition) is 1. The maximum Gasteiger partial charge on any atom is 0.0945 e. The van der Waals surface area contributed by atoms with Crippen LogP contribution in [0.4, 0.5) is 0 Å². The summed E-state index contributed by atoms with van der Waals surface area (Å²) in [6.07, 6.45) is 9.05. The predicted molar refractivity (Wildman–Crippen MR) is 77.5 cm³/mol. The first-order valence-electron chi connectivity index (χ1n) is 6.78. The van der Waals surface area contributed by atoms with Gasteiger partial charge in [0.05, 0.1) is 6.33 Å². The van der Waals surface area contributed by atoms with E-state index in [1.165, 1.54) is 11.1 Å². The van der Waals surface area contributed by atoms with Gasteiger partial charge in [0.15, 0.2) is 0 Å². The quantitative estimate of drug-likeness (QED) is 0.851. The molecule has 1 aromatic carbocycles. The van der Waals surface area contributed by atoms with Crippen molar-refractivity contribution in [2.75, 3.05) is 6.54 Å². The van der Waals surface area contributed by atoms with Crippen LogP contribution in [0.25, 0.3) is 0 Å². The number of aromatic nitrogens is 2. The fraction of sp³-hybridized carbons (Fsp3) is 0.400. The molecule has 19 heavy (non-hydrogen) atoms. The van der Waals surface area contributed by atoms with Gasteiger partial charge >= 0.3 is 0 Å². The fourth-order valence-corrected chi connectivity index (χ4v) is 2.91. The number of imidazole rings is 1. The zero-order valence-electron chi connectivity index (χ0n) is 10.8. The van der Waals surface area contributed by atoms with Gasteiger partial charge < -0.3 is 9.88 Å². The molecule has 2 aromatic rings. The molecule has 0 bridgehead atoms. The number of benzene rings is 1. The second-order valence-electron chi connectivity index (χ2n) is 5.13. The van der Waals surface area contributed by atoms with E-state index in [9.17, 15) is 0 Å². The summed E-state index contributed by atoms with van der Waals surface area (Å²) in [5.74, 6) is 0. The Balaban J connectivity index is 1.43.